The summed E-state index contributed by atoms with van der Waals surface area (Å²) >= 11 is 0. The molecule has 9 heteroatoms. The number of carbonyl (C=O) groups is 2. The molecule has 23 heavy (non-hydrogen) atoms. The molecule has 0 saturated carbocycles. The number of urea groups is 1. The van der Waals surface area contributed by atoms with E-state index in [1.807, 2.05) is 13.8 Å². The Labute approximate surface area is 132 Å². The maximum atomic E-state index is 11.8. The molecule has 2 aromatic heterocycles. The Kier molecular flexibility index (Phi) is 4.50. The van der Waals surface area contributed by atoms with Crippen LogP contribution in [-0.2, 0) is 4.79 Å². The van der Waals surface area contributed by atoms with Gasteiger partial charge in [-0.25, -0.2) is 9.59 Å². The number of carboxylic acid groups (broad SMARTS) is 1. The quantitative estimate of drug-likeness (QED) is 0.645. The van der Waals surface area contributed by atoms with Crippen molar-refractivity contribution in [1.29, 1.82) is 0 Å². The molecule has 2 rings (SSSR count). The first-order valence-corrected chi connectivity index (χ1v) is 7.06. The molecule has 0 aliphatic heterocycles. The summed E-state index contributed by atoms with van der Waals surface area (Å²) in [6.07, 6.45) is 1.68. The van der Waals surface area contributed by atoms with Gasteiger partial charge in [0.15, 0.2) is 11.2 Å². The smallest absolute Gasteiger partial charge is 0.337 e. The monoisotopic (exact) mass is 321 g/mol. The van der Waals surface area contributed by atoms with Crippen LogP contribution in [0.25, 0.3) is 5.65 Å². The maximum absolute atomic E-state index is 11.8. The average molecular weight is 321 g/mol. The molecule has 0 bridgehead atoms. The Morgan fingerprint density at radius 3 is 2.65 bits per heavy atom. The number of carbonyl (C=O) groups excluding carboxylic acids is 1. The predicted octanol–water partition coefficient (Wildman–Crippen LogP) is 0.810. The summed E-state index contributed by atoms with van der Waals surface area (Å²) in [7, 11) is 0. The van der Waals surface area contributed by atoms with Gasteiger partial charge in [0.25, 0.3) is 0 Å². The number of hydrogen-bond acceptors (Lipinski definition) is 5. The molecule has 0 aromatic carbocycles. The van der Waals surface area contributed by atoms with Crippen molar-refractivity contribution in [2.24, 2.45) is 0 Å². The summed E-state index contributed by atoms with van der Waals surface area (Å²) < 4.78 is 1.77. The highest BCUT2D eigenvalue weighted by molar-refractivity contribution is 5.90. The van der Waals surface area contributed by atoms with E-state index in [2.05, 4.69) is 20.8 Å². The number of nitrogens with one attached hydrogen (secondary N) is 2. The molecule has 124 valence electrons. The third-order valence-electron chi connectivity index (χ3n) is 3.26. The van der Waals surface area contributed by atoms with Gasteiger partial charge >= 0.3 is 12.0 Å². The largest absolute Gasteiger partial charge is 0.479 e. The third kappa shape index (κ3) is 3.75. The number of fused-ring (bicyclic) bond motifs is 1. The van der Waals surface area contributed by atoms with Gasteiger partial charge in [-0.3, -0.25) is 4.40 Å². The Morgan fingerprint density at radius 1 is 1.35 bits per heavy atom. The number of anilines is 1. The van der Waals surface area contributed by atoms with Gasteiger partial charge in [0.1, 0.15) is 5.82 Å². The Balaban J connectivity index is 2.08. The van der Waals surface area contributed by atoms with E-state index in [9.17, 15) is 14.7 Å². The van der Waals surface area contributed by atoms with E-state index in [1.54, 1.807) is 22.7 Å². The average Bonchev–Trinajstić information content (AvgIpc) is 2.88. The lowest BCUT2D eigenvalue weighted by molar-refractivity contribution is -0.155. The van der Waals surface area contributed by atoms with Crippen LogP contribution in [0.1, 0.15) is 32.5 Å². The van der Waals surface area contributed by atoms with Crippen LogP contribution >= 0.6 is 0 Å². The minimum absolute atomic E-state index is 0.166. The summed E-state index contributed by atoms with van der Waals surface area (Å²) in [4.78, 5) is 22.6. The minimum Gasteiger partial charge on any atom is -0.479 e. The van der Waals surface area contributed by atoms with E-state index in [-0.39, 0.29) is 5.92 Å². The Bertz CT molecular complexity index is 738. The third-order valence-corrected chi connectivity index (χ3v) is 3.26. The van der Waals surface area contributed by atoms with Crippen molar-refractivity contribution in [2.45, 2.75) is 32.3 Å². The fourth-order valence-corrected chi connectivity index (χ4v) is 1.88. The molecule has 1 unspecified atom stereocenters. The SMILES string of the molecule is CC(C)c1nnc2ccc(NC(=O)NCC(C)(O)C(=O)O)cn12. The summed E-state index contributed by atoms with van der Waals surface area (Å²) in [5.74, 6) is -0.483. The lowest BCUT2D eigenvalue weighted by Gasteiger charge is -2.18. The van der Waals surface area contributed by atoms with Gasteiger partial charge in [0.2, 0.25) is 0 Å². The van der Waals surface area contributed by atoms with Crippen molar-refractivity contribution in [3.05, 3.63) is 24.2 Å². The number of nitrogens with zero attached hydrogens (tertiary/aromatic N) is 3. The van der Waals surface area contributed by atoms with Gasteiger partial charge in [-0.2, -0.15) is 0 Å². The van der Waals surface area contributed by atoms with E-state index in [1.165, 1.54) is 0 Å². The predicted molar refractivity (Wildman–Crippen MR) is 82.4 cm³/mol. The normalized spacial score (nSPS) is 13.8. The first-order chi connectivity index (χ1) is 10.7. The number of aliphatic hydroxyl groups is 1. The van der Waals surface area contributed by atoms with Crippen LogP contribution in [0.3, 0.4) is 0 Å². The van der Waals surface area contributed by atoms with Crippen LogP contribution in [0.15, 0.2) is 18.3 Å². The molecule has 2 amide bonds. The Hall–Kier alpha value is -2.68. The zero-order valence-electron chi connectivity index (χ0n) is 13.1. The number of aliphatic carboxylic acids is 1. The van der Waals surface area contributed by atoms with Crippen molar-refractivity contribution < 1.29 is 19.8 Å². The number of hydrogen-bond donors (Lipinski definition) is 4. The fraction of sp³-hybridized carbons (Fsp3) is 0.429. The second-order valence-corrected chi connectivity index (χ2v) is 5.75. The Morgan fingerprint density at radius 2 is 2.04 bits per heavy atom. The van der Waals surface area contributed by atoms with Crippen LogP contribution < -0.4 is 10.6 Å². The van der Waals surface area contributed by atoms with Crippen molar-refractivity contribution >= 4 is 23.3 Å². The van der Waals surface area contributed by atoms with Crippen LogP contribution in [0, 0.1) is 0 Å². The lowest BCUT2D eigenvalue weighted by atomic mass is 10.1. The highest BCUT2D eigenvalue weighted by atomic mass is 16.4. The van der Waals surface area contributed by atoms with E-state index in [4.69, 9.17) is 5.11 Å². The van der Waals surface area contributed by atoms with Crippen LogP contribution in [0.2, 0.25) is 0 Å². The lowest BCUT2D eigenvalue weighted by Crippen LogP contribution is -2.47. The fourth-order valence-electron chi connectivity index (χ4n) is 1.88. The molecule has 0 radical (unpaired) electrons. The highest BCUT2D eigenvalue weighted by Gasteiger charge is 2.30. The summed E-state index contributed by atoms with van der Waals surface area (Å²) in [5, 5.41) is 31.3. The number of amides is 2. The summed E-state index contributed by atoms with van der Waals surface area (Å²) in [5.41, 5.74) is -0.875. The molecular formula is C14H19N5O4. The van der Waals surface area contributed by atoms with Gasteiger partial charge in [-0.15, -0.1) is 10.2 Å². The van der Waals surface area contributed by atoms with Crippen molar-refractivity contribution in [3.63, 3.8) is 0 Å². The molecule has 0 aliphatic carbocycles. The molecule has 9 nitrogen and oxygen atoms in total. The number of pyridine rings is 1. The summed E-state index contributed by atoms with van der Waals surface area (Å²) in [6.45, 7) is 4.66. The molecule has 0 spiro atoms. The zero-order valence-corrected chi connectivity index (χ0v) is 13.1. The second-order valence-electron chi connectivity index (χ2n) is 5.75. The van der Waals surface area contributed by atoms with Gasteiger partial charge < -0.3 is 20.8 Å². The summed E-state index contributed by atoms with van der Waals surface area (Å²) in [6, 6.07) is 2.75. The first kappa shape index (κ1) is 16.7. The van der Waals surface area contributed by atoms with Crippen molar-refractivity contribution in [3.8, 4) is 0 Å². The molecule has 2 heterocycles. The van der Waals surface area contributed by atoms with Crippen LogP contribution in [0.5, 0.6) is 0 Å². The van der Waals surface area contributed by atoms with Crippen LogP contribution in [-0.4, -0.2) is 49.0 Å². The highest BCUT2D eigenvalue weighted by Crippen LogP contribution is 2.16. The van der Waals surface area contributed by atoms with Crippen molar-refractivity contribution in [1.82, 2.24) is 19.9 Å². The molecule has 1 atom stereocenters. The van der Waals surface area contributed by atoms with Crippen LogP contribution in [0.4, 0.5) is 10.5 Å². The van der Waals surface area contributed by atoms with E-state index in [0.717, 1.165) is 12.7 Å². The van der Waals surface area contributed by atoms with Gasteiger partial charge in [0.05, 0.1) is 12.2 Å². The molecular weight excluding hydrogens is 302 g/mol. The number of aromatic nitrogens is 3. The van der Waals surface area contributed by atoms with E-state index >= 15 is 0 Å². The van der Waals surface area contributed by atoms with E-state index < -0.39 is 24.1 Å². The standard InChI is InChI=1S/C14H19N5O4/c1-8(2)11-18-17-10-5-4-9(6-19(10)11)16-13(22)15-7-14(3,23)12(20)21/h4-6,8,23H,7H2,1-3H3,(H,20,21)(H2,15,16,22). The maximum Gasteiger partial charge on any atom is 0.337 e. The van der Waals surface area contributed by atoms with Gasteiger partial charge in [-0.05, 0) is 19.1 Å². The zero-order chi connectivity index (χ0) is 17.2. The number of rotatable bonds is 5. The first-order valence-electron chi connectivity index (χ1n) is 7.06. The molecule has 0 fully saturated rings. The molecule has 0 saturated heterocycles. The topological polar surface area (TPSA) is 129 Å². The molecule has 2 aromatic rings. The second kappa shape index (κ2) is 6.21. The number of carboxylic acids is 1. The molecule has 4 N–H and O–H groups in total. The van der Waals surface area contributed by atoms with Crippen molar-refractivity contribution in [2.75, 3.05) is 11.9 Å². The van der Waals surface area contributed by atoms with Gasteiger partial charge in [-0.1, -0.05) is 13.8 Å². The van der Waals surface area contributed by atoms with E-state index in [0.29, 0.717) is 11.3 Å². The molecule has 0 aliphatic rings. The minimum atomic E-state index is -2.03. The van der Waals surface area contributed by atoms with Gasteiger partial charge in [0, 0.05) is 12.1 Å².